The Hall–Kier alpha value is -0.700. The van der Waals surface area contributed by atoms with Crippen LogP contribution in [-0.4, -0.2) is 53.6 Å². The molecular formula is C12H22N2O5S. The molecule has 116 valence electrons. The summed E-state index contributed by atoms with van der Waals surface area (Å²) < 4.78 is 28.3. The molecule has 8 heteroatoms. The van der Waals surface area contributed by atoms with Crippen LogP contribution in [0.25, 0.3) is 0 Å². The number of aliphatic carboxylic acids is 1. The van der Waals surface area contributed by atoms with Gasteiger partial charge in [-0.1, -0.05) is 0 Å². The van der Waals surface area contributed by atoms with E-state index in [9.17, 15) is 18.3 Å². The fourth-order valence-corrected chi connectivity index (χ4v) is 4.66. The molecule has 2 aliphatic rings. The lowest BCUT2D eigenvalue weighted by Gasteiger charge is -2.34. The summed E-state index contributed by atoms with van der Waals surface area (Å²) >= 11 is 0. The molecule has 3 unspecified atom stereocenters. The normalized spacial score (nSPS) is 33.0. The number of aliphatic hydroxyl groups excluding tert-OH is 1. The average molecular weight is 306 g/mol. The molecule has 7 nitrogen and oxygen atoms in total. The SMILES string of the molecule is O=C(O)C1CCCCN1S(=O)(=O)NC1CCCC(O)C1. The van der Waals surface area contributed by atoms with E-state index in [0.717, 1.165) is 17.1 Å². The molecule has 1 saturated carbocycles. The molecule has 0 aromatic heterocycles. The van der Waals surface area contributed by atoms with E-state index in [1.165, 1.54) is 0 Å². The van der Waals surface area contributed by atoms with Gasteiger partial charge in [0.2, 0.25) is 0 Å². The number of hydrogen-bond acceptors (Lipinski definition) is 4. The van der Waals surface area contributed by atoms with Crippen LogP contribution in [-0.2, 0) is 15.0 Å². The summed E-state index contributed by atoms with van der Waals surface area (Å²) in [5.41, 5.74) is 0. The maximum Gasteiger partial charge on any atom is 0.322 e. The number of piperidine rings is 1. The smallest absolute Gasteiger partial charge is 0.322 e. The Bertz CT molecular complexity index is 453. The van der Waals surface area contributed by atoms with Crippen molar-refractivity contribution in [1.82, 2.24) is 9.03 Å². The third-order valence-electron chi connectivity index (χ3n) is 4.01. The molecule has 20 heavy (non-hydrogen) atoms. The maximum absolute atomic E-state index is 12.3. The molecule has 0 amide bonds. The zero-order chi connectivity index (χ0) is 14.8. The lowest BCUT2D eigenvalue weighted by atomic mass is 9.94. The Morgan fingerprint density at radius 2 is 1.90 bits per heavy atom. The van der Waals surface area contributed by atoms with Crippen molar-refractivity contribution in [2.75, 3.05) is 6.54 Å². The van der Waals surface area contributed by atoms with Gasteiger partial charge < -0.3 is 10.2 Å². The third kappa shape index (κ3) is 3.69. The van der Waals surface area contributed by atoms with Crippen LogP contribution in [0.15, 0.2) is 0 Å². The largest absolute Gasteiger partial charge is 0.480 e. The van der Waals surface area contributed by atoms with Gasteiger partial charge in [0.15, 0.2) is 0 Å². The van der Waals surface area contributed by atoms with Gasteiger partial charge in [-0.25, -0.2) is 0 Å². The number of carbonyl (C=O) groups is 1. The first-order valence-corrected chi connectivity index (χ1v) is 8.54. The predicted octanol–water partition coefficient (Wildman–Crippen LogP) is 0.0634. The van der Waals surface area contributed by atoms with Gasteiger partial charge in [0, 0.05) is 12.6 Å². The van der Waals surface area contributed by atoms with Crippen LogP contribution in [0.2, 0.25) is 0 Å². The van der Waals surface area contributed by atoms with E-state index in [4.69, 9.17) is 5.11 Å². The van der Waals surface area contributed by atoms with Crippen LogP contribution in [0.5, 0.6) is 0 Å². The van der Waals surface area contributed by atoms with Gasteiger partial charge in [-0.15, -0.1) is 0 Å². The highest BCUT2D eigenvalue weighted by Gasteiger charge is 2.38. The zero-order valence-corrected chi connectivity index (χ0v) is 12.2. The minimum Gasteiger partial charge on any atom is -0.480 e. The highest BCUT2D eigenvalue weighted by Crippen LogP contribution is 2.23. The number of nitrogens with one attached hydrogen (secondary N) is 1. The summed E-state index contributed by atoms with van der Waals surface area (Å²) in [4.78, 5) is 11.2. The second kappa shape index (κ2) is 6.38. The molecule has 1 saturated heterocycles. The van der Waals surface area contributed by atoms with Crippen molar-refractivity contribution in [3.8, 4) is 0 Å². The predicted molar refractivity (Wildman–Crippen MR) is 72.3 cm³/mol. The fourth-order valence-electron chi connectivity index (χ4n) is 2.99. The number of nitrogens with zero attached hydrogens (tertiary/aromatic N) is 1. The molecule has 0 radical (unpaired) electrons. The second-order valence-corrected chi connectivity index (χ2v) is 7.26. The summed E-state index contributed by atoms with van der Waals surface area (Å²) in [6.45, 7) is 0.238. The second-order valence-electron chi connectivity index (χ2n) is 5.60. The average Bonchev–Trinajstić information content (AvgIpc) is 2.38. The van der Waals surface area contributed by atoms with Crippen LogP contribution in [0.1, 0.15) is 44.9 Å². The summed E-state index contributed by atoms with van der Waals surface area (Å²) in [5.74, 6) is -1.10. The molecule has 2 rings (SSSR count). The Kier molecular flexibility index (Phi) is 5.00. The Morgan fingerprint density at radius 3 is 2.55 bits per heavy atom. The van der Waals surface area contributed by atoms with E-state index >= 15 is 0 Å². The van der Waals surface area contributed by atoms with Gasteiger partial charge in [-0.3, -0.25) is 4.79 Å². The van der Waals surface area contributed by atoms with Crippen LogP contribution in [0, 0.1) is 0 Å². The summed E-state index contributed by atoms with van der Waals surface area (Å²) in [5, 5.41) is 18.7. The minimum atomic E-state index is -3.81. The molecule has 0 spiro atoms. The zero-order valence-electron chi connectivity index (χ0n) is 11.4. The van der Waals surface area contributed by atoms with Crippen LogP contribution in [0.4, 0.5) is 0 Å². The van der Waals surface area contributed by atoms with Crippen molar-refractivity contribution in [1.29, 1.82) is 0 Å². The van der Waals surface area contributed by atoms with Crippen LogP contribution < -0.4 is 4.72 Å². The number of carboxylic acid groups (broad SMARTS) is 1. The third-order valence-corrected chi connectivity index (χ3v) is 5.70. The van der Waals surface area contributed by atoms with E-state index < -0.39 is 28.3 Å². The quantitative estimate of drug-likeness (QED) is 0.681. The highest BCUT2D eigenvalue weighted by molar-refractivity contribution is 7.87. The van der Waals surface area contributed by atoms with E-state index in [0.29, 0.717) is 32.1 Å². The van der Waals surface area contributed by atoms with Gasteiger partial charge in [0.05, 0.1) is 6.10 Å². The molecule has 1 aliphatic carbocycles. The van der Waals surface area contributed by atoms with E-state index in [2.05, 4.69) is 4.72 Å². The molecule has 2 fully saturated rings. The fraction of sp³-hybridized carbons (Fsp3) is 0.917. The minimum absolute atomic E-state index is 0.238. The van der Waals surface area contributed by atoms with Crippen LogP contribution in [0.3, 0.4) is 0 Å². The molecule has 1 aliphatic heterocycles. The lowest BCUT2D eigenvalue weighted by Crippen LogP contribution is -2.54. The molecule has 3 atom stereocenters. The van der Waals surface area contributed by atoms with Gasteiger partial charge in [0.1, 0.15) is 6.04 Å². The molecule has 3 N–H and O–H groups in total. The topological polar surface area (TPSA) is 107 Å². The standard InChI is InChI=1S/C12H22N2O5S/c15-10-5-3-4-9(8-10)13-20(18,19)14-7-2-1-6-11(14)12(16)17/h9-11,13,15H,1-8H2,(H,16,17). The summed E-state index contributed by atoms with van der Waals surface area (Å²) in [6.07, 6.45) is 3.82. The molecule has 0 bridgehead atoms. The first-order valence-electron chi connectivity index (χ1n) is 7.10. The number of aliphatic hydroxyl groups is 1. The summed E-state index contributed by atoms with van der Waals surface area (Å²) in [6, 6.07) is -1.28. The van der Waals surface area contributed by atoms with Crippen molar-refractivity contribution in [3.05, 3.63) is 0 Å². The van der Waals surface area contributed by atoms with E-state index in [-0.39, 0.29) is 12.6 Å². The Morgan fingerprint density at radius 1 is 1.15 bits per heavy atom. The van der Waals surface area contributed by atoms with Crippen molar-refractivity contribution < 1.29 is 23.4 Å². The molecule has 0 aromatic rings. The van der Waals surface area contributed by atoms with E-state index in [1.807, 2.05) is 0 Å². The molecular weight excluding hydrogens is 284 g/mol. The van der Waals surface area contributed by atoms with Gasteiger partial charge in [-0.2, -0.15) is 17.4 Å². The van der Waals surface area contributed by atoms with Gasteiger partial charge in [-0.05, 0) is 44.9 Å². The summed E-state index contributed by atoms with van der Waals surface area (Å²) in [7, 11) is -3.81. The van der Waals surface area contributed by atoms with Crippen LogP contribution >= 0.6 is 0 Å². The number of hydrogen-bond donors (Lipinski definition) is 3. The Balaban J connectivity index is 2.06. The van der Waals surface area contributed by atoms with Gasteiger partial charge in [0.25, 0.3) is 10.2 Å². The number of rotatable bonds is 4. The molecule has 0 aromatic carbocycles. The van der Waals surface area contributed by atoms with Crippen molar-refractivity contribution >= 4 is 16.2 Å². The van der Waals surface area contributed by atoms with Crippen molar-refractivity contribution in [3.63, 3.8) is 0 Å². The van der Waals surface area contributed by atoms with Crippen molar-refractivity contribution in [2.45, 2.75) is 63.1 Å². The Labute approximate surface area is 119 Å². The lowest BCUT2D eigenvalue weighted by molar-refractivity contribution is -0.142. The first-order chi connectivity index (χ1) is 9.40. The highest BCUT2D eigenvalue weighted by atomic mass is 32.2. The van der Waals surface area contributed by atoms with E-state index in [1.54, 1.807) is 0 Å². The van der Waals surface area contributed by atoms with Crippen molar-refractivity contribution in [2.24, 2.45) is 0 Å². The van der Waals surface area contributed by atoms with Gasteiger partial charge >= 0.3 is 5.97 Å². The number of carboxylic acids is 1. The first kappa shape index (κ1) is 15.7. The molecule has 1 heterocycles. The maximum atomic E-state index is 12.3. The monoisotopic (exact) mass is 306 g/mol.